The Morgan fingerprint density at radius 3 is 1.18 bits per heavy atom. The van der Waals surface area contributed by atoms with E-state index in [2.05, 4.69) is 0 Å². The molecule has 4 aromatic rings. The summed E-state index contributed by atoms with van der Waals surface area (Å²) in [4.78, 5) is 82.6. The maximum Gasteiger partial charge on any atom is 0.291 e. The quantitative estimate of drug-likeness (QED) is 0.0886. The molecular weight excluding hydrogens is 797 g/mol. The van der Waals surface area contributed by atoms with Gasteiger partial charge in [0.15, 0.2) is 0 Å². The summed E-state index contributed by atoms with van der Waals surface area (Å²) in [5.41, 5.74) is 5.60. The Morgan fingerprint density at radius 1 is 0.525 bits per heavy atom. The average molecular weight is 845 g/mol. The predicted molar refractivity (Wildman–Crippen MR) is 236 cm³/mol. The summed E-state index contributed by atoms with van der Waals surface area (Å²) in [6.07, 6.45) is 5.86. The molecule has 4 aromatic carbocycles. The highest BCUT2D eigenvalue weighted by Gasteiger charge is 2.31. The lowest BCUT2D eigenvalue weighted by Gasteiger charge is -2.33. The molecule has 0 aromatic heterocycles. The van der Waals surface area contributed by atoms with Crippen molar-refractivity contribution in [2.45, 2.75) is 51.3 Å². The molecule has 0 aliphatic carbocycles. The van der Waals surface area contributed by atoms with Crippen LogP contribution in [0.2, 0.25) is 0 Å². The molecule has 0 N–H and O–H groups in total. The largest absolute Gasteiger partial charge is 0.339 e. The standard InChI is InChI=1S/C46H48N6O8S/c1-29-7-9-37(27-31(29)3)43-35(13-17-41(55)49-23-19-47(20-24-49)33(5)53)11-15-39(45(43)51(57)58)61-40-16-12-36(14-18-42(56)50-25-21-48(22-26-50)34(6)54)44(46(40)52(59)60)38-10-8-30(2)32(4)28-38/h7-18,27-28H,19-26H2,1-6H3/b17-13+,18-14+. The molecule has 2 aliphatic rings. The summed E-state index contributed by atoms with van der Waals surface area (Å²) in [7, 11) is 0. The van der Waals surface area contributed by atoms with E-state index < -0.39 is 9.85 Å². The van der Waals surface area contributed by atoms with Crippen molar-refractivity contribution in [2.24, 2.45) is 0 Å². The van der Waals surface area contributed by atoms with E-state index in [0.717, 1.165) is 34.0 Å². The number of rotatable bonds is 10. The second-order valence-corrected chi connectivity index (χ2v) is 16.4. The van der Waals surface area contributed by atoms with Gasteiger partial charge >= 0.3 is 0 Å². The fraction of sp³-hybridized carbons (Fsp3) is 0.304. The van der Waals surface area contributed by atoms with Gasteiger partial charge in [-0.3, -0.25) is 39.4 Å². The van der Waals surface area contributed by atoms with Crippen LogP contribution in [0.5, 0.6) is 0 Å². The molecule has 316 valence electrons. The van der Waals surface area contributed by atoms with E-state index in [9.17, 15) is 39.4 Å². The van der Waals surface area contributed by atoms with Crippen molar-refractivity contribution in [3.8, 4) is 22.3 Å². The van der Waals surface area contributed by atoms with Crippen molar-refractivity contribution >= 4 is 58.9 Å². The molecule has 0 bridgehead atoms. The van der Waals surface area contributed by atoms with Crippen molar-refractivity contribution in [1.82, 2.24) is 19.6 Å². The van der Waals surface area contributed by atoms with Crippen LogP contribution in [0.1, 0.15) is 47.2 Å². The van der Waals surface area contributed by atoms with E-state index in [1.54, 1.807) is 68.1 Å². The lowest BCUT2D eigenvalue weighted by molar-refractivity contribution is -0.387. The van der Waals surface area contributed by atoms with E-state index in [4.69, 9.17) is 0 Å². The Bertz CT molecular complexity index is 2330. The molecule has 0 saturated carbocycles. The van der Waals surface area contributed by atoms with Crippen molar-refractivity contribution in [3.63, 3.8) is 0 Å². The normalized spacial score (nSPS) is 14.5. The molecule has 2 saturated heterocycles. The molecule has 2 fully saturated rings. The lowest BCUT2D eigenvalue weighted by atomic mass is 9.94. The highest BCUT2D eigenvalue weighted by Crippen LogP contribution is 2.48. The first kappa shape index (κ1) is 44.0. The smallest absolute Gasteiger partial charge is 0.291 e. The number of benzene rings is 4. The van der Waals surface area contributed by atoms with Crippen molar-refractivity contribution in [2.75, 3.05) is 52.4 Å². The molecule has 2 heterocycles. The number of hydrogen-bond acceptors (Lipinski definition) is 9. The van der Waals surface area contributed by atoms with E-state index in [1.165, 1.54) is 26.0 Å². The van der Waals surface area contributed by atoms with Crippen LogP contribution in [-0.4, -0.2) is 105 Å². The Labute approximate surface area is 358 Å². The van der Waals surface area contributed by atoms with Crippen molar-refractivity contribution in [1.29, 1.82) is 0 Å². The van der Waals surface area contributed by atoms with E-state index in [1.807, 2.05) is 52.0 Å². The number of carbonyl (C=O) groups is 4. The number of hydrogen-bond donors (Lipinski definition) is 0. The van der Waals surface area contributed by atoms with Crippen LogP contribution in [0.25, 0.3) is 34.4 Å². The summed E-state index contributed by atoms with van der Waals surface area (Å²) >= 11 is 0.900. The van der Waals surface area contributed by atoms with Gasteiger partial charge in [0.25, 0.3) is 11.4 Å². The van der Waals surface area contributed by atoms with Gasteiger partial charge in [-0.25, -0.2) is 0 Å². The molecule has 6 rings (SSSR count). The summed E-state index contributed by atoms with van der Waals surface area (Å²) in [6, 6.07) is 17.4. The minimum absolute atomic E-state index is 0.0599. The second kappa shape index (κ2) is 18.8. The number of aryl methyl sites for hydroxylation is 4. The van der Waals surface area contributed by atoms with Crippen molar-refractivity contribution in [3.05, 3.63) is 126 Å². The van der Waals surface area contributed by atoms with Gasteiger partial charge in [0.05, 0.1) is 30.8 Å². The number of amides is 4. The highest BCUT2D eigenvalue weighted by molar-refractivity contribution is 7.99. The van der Waals surface area contributed by atoms with Crippen LogP contribution < -0.4 is 0 Å². The van der Waals surface area contributed by atoms with Gasteiger partial charge in [0.1, 0.15) is 0 Å². The monoisotopic (exact) mass is 844 g/mol. The maximum absolute atomic E-state index is 13.3. The Balaban J connectivity index is 1.44. The first-order chi connectivity index (χ1) is 29.0. The molecule has 0 spiro atoms. The van der Waals surface area contributed by atoms with Crippen LogP contribution in [0, 0.1) is 47.9 Å². The Morgan fingerprint density at radius 2 is 0.869 bits per heavy atom. The van der Waals surface area contributed by atoms with Gasteiger partial charge in [-0.15, -0.1) is 0 Å². The third-order valence-corrected chi connectivity index (χ3v) is 12.5. The number of piperazine rings is 2. The van der Waals surface area contributed by atoms with Crippen LogP contribution in [0.3, 0.4) is 0 Å². The predicted octanol–water partition coefficient (Wildman–Crippen LogP) is 7.63. The molecule has 0 unspecified atom stereocenters. The maximum atomic E-state index is 13.3. The Kier molecular flexibility index (Phi) is 13.5. The molecule has 15 heteroatoms. The zero-order valence-corrected chi connectivity index (χ0v) is 35.9. The van der Waals surface area contributed by atoms with Crippen LogP contribution in [0.15, 0.2) is 82.6 Å². The fourth-order valence-electron chi connectivity index (χ4n) is 7.52. The van der Waals surface area contributed by atoms with Gasteiger partial charge in [-0.05, 0) is 96.5 Å². The summed E-state index contributed by atoms with van der Waals surface area (Å²) in [5, 5.41) is 26.4. The van der Waals surface area contributed by atoms with Gasteiger partial charge in [0, 0.05) is 78.4 Å². The number of nitrogens with zero attached hydrogens (tertiary/aromatic N) is 6. The number of nitro benzene ring substituents is 2. The summed E-state index contributed by atoms with van der Waals surface area (Å²) in [5.74, 6) is -0.710. The summed E-state index contributed by atoms with van der Waals surface area (Å²) in [6.45, 7) is 13.7. The van der Waals surface area contributed by atoms with Gasteiger partial charge in [0.2, 0.25) is 23.6 Å². The Hall–Kier alpha value is -6.61. The third kappa shape index (κ3) is 9.89. The number of nitro groups is 2. The minimum atomic E-state index is -0.498. The van der Waals surface area contributed by atoms with Crippen LogP contribution >= 0.6 is 11.8 Å². The molecular formula is C46H48N6O8S. The minimum Gasteiger partial charge on any atom is -0.339 e. The molecule has 2 aliphatic heterocycles. The second-order valence-electron chi connectivity index (χ2n) is 15.3. The van der Waals surface area contributed by atoms with Gasteiger partial charge < -0.3 is 19.6 Å². The molecule has 0 radical (unpaired) electrons. The highest BCUT2D eigenvalue weighted by atomic mass is 32.2. The zero-order chi connectivity index (χ0) is 44.1. The summed E-state index contributed by atoms with van der Waals surface area (Å²) < 4.78 is 0. The van der Waals surface area contributed by atoms with Crippen LogP contribution in [0.4, 0.5) is 11.4 Å². The average Bonchev–Trinajstić information content (AvgIpc) is 3.23. The van der Waals surface area contributed by atoms with Gasteiger partial charge in [-0.2, -0.15) is 0 Å². The molecule has 14 nitrogen and oxygen atoms in total. The van der Waals surface area contributed by atoms with E-state index >= 15 is 0 Å². The van der Waals surface area contributed by atoms with Crippen molar-refractivity contribution < 1.29 is 29.0 Å². The van der Waals surface area contributed by atoms with Crippen LogP contribution in [-0.2, 0) is 19.2 Å². The zero-order valence-electron chi connectivity index (χ0n) is 35.1. The third-order valence-electron chi connectivity index (χ3n) is 11.4. The first-order valence-electron chi connectivity index (χ1n) is 19.9. The van der Waals surface area contributed by atoms with E-state index in [-0.39, 0.29) is 55.9 Å². The first-order valence-corrected chi connectivity index (χ1v) is 20.8. The molecule has 0 atom stereocenters. The van der Waals surface area contributed by atoms with E-state index in [0.29, 0.717) is 74.6 Å². The van der Waals surface area contributed by atoms with Gasteiger partial charge in [-0.1, -0.05) is 60.3 Å². The topological polar surface area (TPSA) is 168 Å². The lowest BCUT2D eigenvalue weighted by Crippen LogP contribution is -2.49. The fourth-order valence-corrected chi connectivity index (χ4v) is 8.57. The SMILES string of the molecule is CC(=O)N1CCN(C(=O)/C=C/c2ccc(Sc3ccc(/C=C/C(=O)N4CCN(C(C)=O)CC4)c(-c4ccc(C)c(C)c4)c3[N+](=O)[O-])c([N+](=O)[O-])c2-c2ccc(C)c(C)c2)CC1. The number of carbonyl (C=O) groups excluding carboxylic acids is 4. The molecule has 4 amide bonds. The molecule has 61 heavy (non-hydrogen) atoms.